The summed E-state index contributed by atoms with van der Waals surface area (Å²) in [4.78, 5) is 40.0. The molecule has 29 heavy (non-hydrogen) atoms. The molecular weight excluding hydrogens is 377 g/mol. The number of hydrogen-bond donors (Lipinski definition) is 2. The van der Waals surface area contributed by atoms with Crippen molar-refractivity contribution in [2.75, 3.05) is 25.5 Å². The van der Waals surface area contributed by atoms with E-state index in [0.717, 1.165) is 23.4 Å². The van der Waals surface area contributed by atoms with Crippen LogP contribution in [0.15, 0.2) is 48.5 Å². The van der Waals surface area contributed by atoms with E-state index in [0.29, 0.717) is 6.42 Å². The molecule has 1 unspecified atom stereocenters. The zero-order valence-corrected chi connectivity index (χ0v) is 16.2. The monoisotopic (exact) mass is 399 g/mol. The van der Waals surface area contributed by atoms with Gasteiger partial charge >= 0.3 is 12.0 Å². The molecule has 0 aromatic heterocycles. The molecule has 1 saturated heterocycles. The normalized spacial score (nSPS) is 18.7. The molecule has 7 nitrogen and oxygen atoms in total. The minimum absolute atomic E-state index is 0.129. The molecule has 2 N–H and O–H groups in total. The molecule has 0 bridgehead atoms. The molecule has 8 heteroatoms. The minimum atomic E-state index is -1.72. The van der Waals surface area contributed by atoms with Crippen molar-refractivity contribution in [1.29, 1.82) is 0 Å². The Morgan fingerprint density at radius 2 is 1.72 bits per heavy atom. The van der Waals surface area contributed by atoms with Crippen molar-refractivity contribution in [1.82, 2.24) is 10.2 Å². The molecule has 152 valence electrons. The van der Waals surface area contributed by atoms with Crippen LogP contribution in [0.4, 0.5) is 14.9 Å². The summed E-state index contributed by atoms with van der Waals surface area (Å²) in [5, 5.41) is 11.7. The molecule has 0 radical (unpaired) electrons. The van der Waals surface area contributed by atoms with Crippen LogP contribution in [-0.4, -0.2) is 48.6 Å². The maximum atomic E-state index is 13.4. The highest BCUT2D eigenvalue weighted by molar-refractivity contribution is 6.08. The van der Waals surface area contributed by atoms with Crippen LogP contribution in [0.1, 0.15) is 17.5 Å². The highest BCUT2D eigenvalue weighted by atomic mass is 19.1. The lowest BCUT2D eigenvalue weighted by Crippen LogP contribution is -2.49. The Morgan fingerprint density at radius 1 is 1.10 bits per heavy atom. The average Bonchev–Trinajstić information content (AvgIpc) is 2.90. The maximum Gasteiger partial charge on any atom is 0.325 e. The third-order valence-corrected chi connectivity index (χ3v) is 5.11. The van der Waals surface area contributed by atoms with E-state index in [1.54, 1.807) is 0 Å². The van der Waals surface area contributed by atoms with Crippen LogP contribution in [0.3, 0.4) is 0 Å². The first-order valence-corrected chi connectivity index (χ1v) is 9.11. The second-order valence-electron chi connectivity index (χ2n) is 7.16. The fourth-order valence-electron chi connectivity index (χ4n) is 3.57. The lowest BCUT2D eigenvalue weighted by molar-refractivity contribution is -0.144. The van der Waals surface area contributed by atoms with Crippen molar-refractivity contribution < 1.29 is 23.9 Å². The van der Waals surface area contributed by atoms with Crippen molar-refractivity contribution in [3.63, 3.8) is 0 Å². The van der Waals surface area contributed by atoms with Gasteiger partial charge < -0.3 is 14.9 Å². The van der Waals surface area contributed by atoms with E-state index in [4.69, 9.17) is 0 Å². The van der Waals surface area contributed by atoms with Crippen LogP contribution < -0.4 is 10.2 Å². The van der Waals surface area contributed by atoms with Crippen LogP contribution >= 0.6 is 0 Å². The van der Waals surface area contributed by atoms with E-state index >= 15 is 0 Å². The molecule has 0 spiro atoms. The van der Waals surface area contributed by atoms with Crippen LogP contribution in [0, 0.1) is 5.82 Å². The predicted octanol–water partition coefficient (Wildman–Crippen LogP) is 2.36. The van der Waals surface area contributed by atoms with Gasteiger partial charge in [0.05, 0.1) is 6.42 Å². The lowest BCUT2D eigenvalue weighted by Gasteiger charge is -2.34. The number of nitrogens with one attached hydrogen (secondary N) is 1. The van der Waals surface area contributed by atoms with Crippen molar-refractivity contribution in [3.8, 4) is 0 Å². The number of halogens is 1. The van der Waals surface area contributed by atoms with E-state index in [-0.39, 0.29) is 12.1 Å². The molecular formula is C21H22FN3O4. The SMILES string of the molecule is CN(C)c1ccc(CCN2C(=O)NC(=O)C2(CC(=O)O)c2ccc(F)cc2)cc1. The number of amides is 3. The van der Waals surface area contributed by atoms with Crippen LogP contribution in [-0.2, 0) is 21.5 Å². The van der Waals surface area contributed by atoms with Crippen LogP contribution in [0.25, 0.3) is 0 Å². The Kier molecular flexibility index (Phi) is 5.54. The predicted molar refractivity (Wildman–Crippen MR) is 105 cm³/mol. The maximum absolute atomic E-state index is 13.4. The number of carbonyl (C=O) groups is 3. The van der Waals surface area contributed by atoms with Gasteiger partial charge in [-0.3, -0.25) is 14.9 Å². The van der Waals surface area contributed by atoms with Gasteiger partial charge in [-0.1, -0.05) is 24.3 Å². The molecule has 2 aromatic rings. The molecule has 1 aliphatic heterocycles. The first-order chi connectivity index (χ1) is 13.7. The number of hydrogen-bond acceptors (Lipinski definition) is 4. The Balaban J connectivity index is 1.92. The summed E-state index contributed by atoms with van der Waals surface area (Å²) >= 11 is 0. The first-order valence-electron chi connectivity index (χ1n) is 9.11. The molecule has 0 saturated carbocycles. The standard InChI is InChI=1S/C21H22FN3O4/c1-24(2)17-9-3-14(4-10-17)11-12-25-20(29)23-19(28)21(25,13-18(26)27)15-5-7-16(22)8-6-15/h3-10H,11-13H2,1-2H3,(H,26,27)(H,23,28,29). The second kappa shape index (κ2) is 7.90. The zero-order valence-electron chi connectivity index (χ0n) is 16.2. The molecule has 1 atom stereocenters. The number of aliphatic carboxylic acids is 1. The van der Waals surface area contributed by atoms with Gasteiger partial charge in [-0.05, 0) is 41.8 Å². The van der Waals surface area contributed by atoms with Crippen LogP contribution in [0.2, 0.25) is 0 Å². The Morgan fingerprint density at radius 3 is 2.28 bits per heavy atom. The number of carboxylic acid groups (broad SMARTS) is 1. The fraction of sp³-hybridized carbons (Fsp3) is 0.286. The number of imide groups is 1. The van der Waals surface area contributed by atoms with Gasteiger partial charge in [0.15, 0.2) is 5.54 Å². The van der Waals surface area contributed by atoms with E-state index in [1.165, 1.54) is 17.0 Å². The largest absolute Gasteiger partial charge is 0.481 e. The highest BCUT2D eigenvalue weighted by Crippen LogP contribution is 2.37. The number of carbonyl (C=O) groups excluding carboxylic acids is 2. The average molecular weight is 399 g/mol. The zero-order chi connectivity index (χ0) is 21.2. The van der Waals surface area contributed by atoms with Crippen molar-refractivity contribution in [2.24, 2.45) is 0 Å². The summed E-state index contributed by atoms with van der Waals surface area (Å²) < 4.78 is 13.4. The quantitative estimate of drug-likeness (QED) is 0.698. The molecule has 3 rings (SSSR count). The van der Waals surface area contributed by atoms with Gasteiger partial charge in [-0.25, -0.2) is 9.18 Å². The van der Waals surface area contributed by atoms with Gasteiger partial charge in [-0.2, -0.15) is 0 Å². The Hall–Kier alpha value is -3.42. The molecule has 1 heterocycles. The van der Waals surface area contributed by atoms with Crippen molar-refractivity contribution in [2.45, 2.75) is 18.4 Å². The topological polar surface area (TPSA) is 90.0 Å². The number of nitrogens with zero attached hydrogens (tertiary/aromatic N) is 2. The van der Waals surface area contributed by atoms with Gasteiger partial charge in [0.25, 0.3) is 5.91 Å². The second-order valence-corrected chi connectivity index (χ2v) is 7.16. The van der Waals surface area contributed by atoms with E-state index in [9.17, 15) is 23.9 Å². The van der Waals surface area contributed by atoms with Gasteiger partial charge in [-0.15, -0.1) is 0 Å². The summed E-state index contributed by atoms with van der Waals surface area (Å²) in [6, 6.07) is 12.0. The molecule has 2 aromatic carbocycles. The Labute approximate surface area is 167 Å². The Bertz CT molecular complexity index is 928. The molecule has 3 amide bonds. The molecule has 1 aliphatic rings. The van der Waals surface area contributed by atoms with Crippen LogP contribution in [0.5, 0.6) is 0 Å². The summed E-state index contributed by atoms with van der Waals surface area (Å²) in [6.45, 7) is 0.129. The third kappa shape index (κ3) is 3.91. The van der Waals surface area contributed by atoms with E-state index in [1.807, 2.05) is 43.3 Å². The number of anilines is 1. The van der Waals surface area contributed by atoms with Crippen molar-refractivity contribution >= 4 is 23.6 Å². The minimum Gasteiger partial charge on any atom is -0.481 e. The van der Waals surface area contributed by atoms with Gasteiger partial charge in [0, 0.05) is 26.3 Å². The highest BCUT2D eigenvalue weighted by Gasteiger charge is 2.55. The van der Waals surface area contributed by atoms with Gasteiger partial charge in [0.2, 0.25) is 0 Å². The lowest BCUT2D eigenvalue weighted by atomic mass is 9.84. The van der Waals surface area contributed by atoms with E-state index < -0.39 is 35.7 Å². The smallest absolute Gasteiger partial charge is 0.325 e. The van der Waals surface area contributed by atoms with Gasteiger partial charge in [0.1, 0.15) is 5.82 Å². The first kappa shape index (κ1) is 20.3. The fourth-order valence-corrected chi connectivity index (χ4v) is 3.57. The van der Waals surface area contributed by atoms with E-state index in [2.05, 4.69) is 5.32 Å². The molecule has 1 fully saturated rings. The number of carboxylic acids is 1. The third-order valence-electron chi connectivity index (χ3n) is 5.11. The van der Waals surface area contributed by atoms with Crippen molar-refractivity contribution in [3.05, 3.63) is 65.5 Å². The number of benzene rings is 2. The number of rotatable bonds is 7. The number of urea groups is 1. The summed E-state index contributed by atoms with van der Waals surface area (Å²) in [7, 11) is 3.86. The summed E-state index contributed by atoms with van der Waals surface area (Å²) in [6.07, 6.45) is -0.188. The molecule has 0 aliphatic carbocycles. The summed E-state index contributed by atoms with van der Waals surface area (Å²) in [5.74, 6) is -2.48. The summed E-state index contributed by atoms with van der Waals surface area (Å²) in [5.41, 5.74) is 0.494.